The predicted octanol–water partition coefficient (Wildman–Crippen LogP) is 3.66. The summed E-state index contributed by atoms with van der Waals surface area (Å²) in [6.45, 7) is 1.18. The van der Waals surface area contributed by atoms with E-state index in [0.29, 0.717) is 25.1 Å². The molecule has 0 unspecified atom stereocenters. The van der Waals surface area contributed by atoms with Gasteiger partial charge in [0.25, 0.3) is 5.91 Å². The van der Waals surface area contributed by atoms with Gasteiger partial charge in [0.05, 0.1) is 11.0 Å². The van der Waals surface area contributed by atoms with Gasteiger partial charge in [-0.15, -0.1) is 0 Å². The van der Waals surface area contributed by atoms with Crippen LogP contribution in [0.15, 0.2) is 67.0 Å². The van der Waals surface area contributed by atoms with E-state index < -0.39 is 0 Å². The molecule has 0 saturated heterocycles. The minimum Gasteiger partial charge on any atom is -0.352 e. The van der Waals surface area contributed by atoms with Crippen LogP contribution in [0.4, 0.5) is 0 Å². The quantitative estimate of drug-likeness (QED) is 0.559. The molecule has 5 rings (SSSR count). The molecule has 30 heavy (non-hydrogen) atoms. The van der Waals surface area contributed by atoms with Gasteiger partial charge in [-0.3, -0.25) is 14.6 Å². The highest BCUT2D eigenvalue weighted by molar-refractivity contribution is 6.08. The number of para-hydroxylation sites is 1. The molecule has 148 valence electrons. The number of aryl methyl sites for hydroxylation is 1. The van der Waals surface area contributed by atoms with Crippen LogP contribution in [0.3, 0.4) is 0 Å². The number of hydrogen-bond donors (Lipinski definition) is 1. The lowest BCUT2D eigenvalue weighted by molar-refractivity contribution is 0.0951. The number of carbonyl (C=O) groups excluding carboxylic acids is 2. The standard InChI is InChI=1S/C24H20N4O2/c29-21-11-14-28-22-19(21)4-1-5-20(22)27-23(28)17-6-8-18(9-7-17)24(30)26-13-10-16-3-2-12-25-15-16/h1-9,12,15H,10-11,13-14H2,(H,26,30). The van der Waals surface area contributed by atoms with Gasteiger partial charge in [0.1, 0.15) is 5.82 Å². The second-order valence-corrected chi connectivity index (χ2v) is 7.38. The maximum absolute atomic E-state index is 12.5. The summed E-state index contributed by atoms with van der Waals surface area (Å²) in [5.74, 6) is 0.888. The van der Waals surface area contributed by atoms with E-state index in [1.54, 1.807) is 12.4 Å². The lowest BCUT2D eigenvalue weighted by atomic mass is 10.0. The van der Waals surface area contributed by atoms with Crippen molar-refractivity contribution in [2.45, 2.75) is 19.4 Å². The first kappa shape index (κ1) is 18.2. The van der Waals surface area contributed by atoms with Crippen molar-refractivity contribution in [1.82, 2.24) is 19.9 Å². The van der Waals surface area contributed by atoms with Crippen LogP contribution in [0.25, 0.3) is 22.4 Å². The van der Waals surface area contributed by atoms with Gasteiger partial charge in [0.15, 0.2) is 5.78 Å². The summed E-state index contributed by atoms with van der Waals surface area (Å²) in [5.41, 5.74) is 5.09. The number of benzene rings is 2. The molecular formula is C24H20N4O2. The van der Waals surface area contributed by atoms with Crippen LogP contribution in [0.1, 0.15) is 32.7 Å². The number of aromatic nitrogens is 3. The molecule has 3 heterocycles. The smallest absolute Gasteiger partial charge is 0.251 e. The number of hydrogen-bond acceptors (Lipinski definition) is 4. The van der Waals surface area contributed by atoms with Crippen molar-refractivity contribution in [2.75, 3.05) is 6.54 Å². The summed E-state index contributed by atoms with van der Waals surface area (Å²) in [6.07, 6.45) is 4.76. The zero-order chi connectivity index (χ0) is 20.5. The summed E-state index contributed by atoms with van der Waals surface area (Å²) in [7, 11) is 0. The first-order valence-electron chi connectivity index (χ1n) is 10.0. The van der Waals surface area contributed by atoms with Gasteiger partial charge in [-0.2, -0.15) is 0 Å². The van der Waals surface area contributed by atoms with Crippen LogP contribution >= 0.6 is 0 Å². The second-order valence-electron chi connectivity index (χ2n) is 7.38. The molecule has 0 radical (unpaired) electrons. The van der Waals surface area contributed by atoms with Gasteiger partial charge in [-0.05, 0) is 42.3 Å². The largest absolute Gasteiger partial charge is 0.352 e. The van der Waals surface area contributed by atoms with Crippen molar-refractivity contribution >= 4 is 22.7 Å². The van der Waals surface area contributed by atoms with Crippen LogP contribution in [0.5, 0.6) is 0 Å². The third-order valence-electron chi connectivity index (χ3n) is 5.46. The third kappa shape index (κ3) is 3.26. The minimum absolute atomic E-state index is 0.104. The molecule has 1 amide bonds. The molecule has 0 saturated carbocycles. The first-order valence-corrected chi connectivity index (χ1v) is 10.0. The molecule has 0 spiro atoms. The molecule has 6 nitrogen and oxygen atoms in total. The zero-order valence-electron chi connectivity index (χ0n) is 16.3. The lowest BCUT2D eigenvalue weighted by Crippen LogP contribution is -2.25. The Balaban J connectivity index is 1.34. The van der Waals surface area contributed by atoms with Crippen LogP contribution < -0.4 is 5.32 Å². The van der Waals surface area contributed by atoms with Crippen molar-refractivity contribution in [3.63, 3.8) is 0 Å². The maximum atomic E-state index is 12.5. The molecule has 2 aromatic heterocycles. The van der Waals surface area contributed by atoms with Crippen molar-refractivity contribution < 1.29 is 9.59 Å². The Morgan fingerprint density at radius 1 is 1.07 bits per heavy atom. The Bertz CT molecular complexity index is 1240. The normalized spacial score (nSPS) is 12.9. The van der Waals surface area contributed by atoms with Crippen LogP contribution in [0.2, 0.25) is 0 Å². The van der Waals surface area contributed by atoms with E-state index in [9.17, 15) is 9.59 Å². The van der Waals surface area contributed by atoms with Crippen molar-refractivity contribution in [2.24, 2.45) is 0 Å². The second kappa shape index (κ2) is 7.55. The molecule has 0 atom stereocenters. The van der Waals surface area contributed by atoms with E-state index in [4.69, 9.17) is 4.98 Å². The topological polar surface area (TPSA) is 76.9 Å². The SMILES string of the molecule is O=C(NCCc1cccnc1)c1ccc(-c2nc3cccc4c3n2CCC4=O)cc1. The highest BCUT2D eigenvalue weighted by atomic mass is 16.1. The summed E-state index contributed by atoms with van der Waals surface area (Å²) in [6, 6.07) is 17.0. The van der Waals surface area contributed by atoms with Crippen LogP contribution in [-0.2, 0) is 13.0 Å². The first-order chi connectivity index (χ1) is 14.7. The summed E-state index contributed by atoms with van der Waals surface area (Å²) in [5, 5.41) is 2.95. The van der Waals surface area contributed by atoms with Crippen molar-refractivity contribution in [3.8, 4) is 11.4 Å². The minimum atomic E-state index is -0.104. The maximum Gasteiger partial charge on any atom is 0.251 e. The molecule has 1 aliphatic rings. The monoisotopic (exact) mass is 396 g/mol. The number of carbonyl (C=O) groups is 2. The lowest BCUT2D eigenvalue weighted by Gasteiger charge is -2.15. The number of pyridine rings is 1. The number of Topliss-reactive ketones (excluding diaryl/α,β-unsaturated/α-hetero) is 1. The molecular weight excluding hydrogens is 376 g/mol. The van der Waals surface area contributed by atoms with E-state index >= 15 is 0 Å². The van der Waals surface area contributed by atoms with Gasteiger partial charge >= 0.3 is 0 Å². The molecule has 2 aromatic carbocycles. The molecule has 0 fully saturated rings. The van der Waals surface area contributed by atoms with E-state index in [2.05, 4.69) is 14.9 Å². The molecule has 0 bridgehead atoms. The number of nitrogens with zero attached hydrogens (tertiary/aromatic N) is 3. The van der Waals surface area contributed by atoms with Gasteiger partial charge < -0.3 is 9.88 Å². The highest BCUT2D eigenvalue weighted by Crippen LogP contribution is 2.31. The van der Waals surface area contributed by atoms with Crippen LogP contribution in [0, 0.1) is 0 Å². The summed E-state index contributed by atoms with van der Waals surface area (Å²) < 4.78 is 2.11. The summed E-state index contributed by atoms with van der Waals surface area (Å²) in [4.78, 5) is 33.5. The number of imidazole rings is 1. The number of rotatable bonds is 5. The zero-order valence-corrected chi connectivity index (χ0v) is 16.3. The Morgan fingerprint density at radius 2 is 1.93 bits per heavy atom. The fraction of sp³-hybridized carbons (Fsp3) is 0.167. The van der Waals surface area contributed by atoms with Crippen molar-refractivity contribution in [1.29, 1.82) is 0 Å². The highest BCUT2D eigenvalue weighted by Gasteiger charge is 2.23. The number of amides is 1. The van der Waals surface area contributed by atoms with Crippen LogP contribution in [-0.4, -0.2) is 32.8 Å². The number of ketones is 1. The van der Waals surface area contributed by atoms with Gasteiger partial charge in [0.2, 0.25) is 0 Å². The Kier molecular flexibility index (Phi) is 4.59. The average molecular weight is 396 g/mol. The van der Waals surface area contributed by atoms with Gasteiger partial charge in [-0.1, -0.05) is 24.3 Å². The Labute approximate surface area is 173 Å². The Hall–Kier alpha value is -3.80. The fourth-order valence-corrected chi connectivity index (χ4v) is 3.94. The van der Waals surface area contributed by atoms with Crippen molar-refractivity contribution in [3.05, 3.63) is 83.7 Å². The fourth-order valence-electron chi connectivity index (χ4n) is 3.94. The van der Waals surface area contributed by atoms with Gasteiger partial charge in [-0.25, -0.2) is 4.98 Å². The van der Waals surface area contributed by atoms with E-state index in [-0.39, 0.29) is 11.7 Å². The molecule has 1 aliphatic heterocycles. The molecule has 6 heteroatoms. The summed E-state index contributed by atoms with van der Waals surface area (Å²) >= 11 is 0. The average Bonchev–Trinajstić information content (AvgIpc) is 3.17. The molecule has 1 N–H and O–H groups in total. The van der Waals surface area contributed by atoms with E-state index in [0.717, 1.165) is 40.0 Å². The Morgan fingerprint density at radius 3 is 2.73 bits per heavy atom. The third-order valence-corrected chi connectivity index (χ3v) is 5.46. The molecule has 0 aliphatic carbocycles. The van der Waals surface area contributed by atoms with E-state index in [1.165, 1.54) is 0 Å². The number of nitrogens with one attached hydrogen (secondary N) is 1. The van der Waals surface area contributed by atoms with E-state index in [1.807, 2.05) is 54.6 Å². The van der Waals surface area contributed by atoms with Gasteiger partial charge in [0, 0.05) is 48.6 Å². The predicted molar refractivity (Wildman–Crippen MR) is 114 cm³/mol. The molecule has 4 aromatic rings.